The van der Waals surface area contributed by atoms with Crippen molar-refractivity contribution >= 4 is 23.3 Å². The molecule has 4 nitrogen and oxygen atoms in total. The molecule has 0 aromatic carbocycles. The Hall–Kier alpha value is -1.43. The van der Waals surface area contributed by atoms with Gasteiger partial charge in [-0.1, -0.05) is 11.6 Å². The summed E-state index contributed by atoms with van der Waals surface area (Å²) < 4.78 is 26.1. The molecule has 1 amide bonds. The van der Waals surface area contributed by atoms with Gasteiger partial charge in [-0.15, -0.1) is 0 Å². The summed E-state index contributed by atoms with van der Waals surface area (Å²) in [5.74, 6) is -3.01. The van der Waals surface area contributed by atoms with Gasteiger partial charge in [-0.3, -0.25) is 4.79 Å². The molecule has 7 heteroatoms. The third-order valence-corrected chi connectivity index (χ3v) is 3.11. The van der Waals surface area contributed by atoms with Crippen molar-refractivity contribution in [1.82, 2.24) is 4.98 Å². The third-order valence-electron chi connectivity index (χ3n) is 2.90. The Morgan fingerprint density at radius 1 is 1.39 bits per heavy atom. The first-order valence-corrected chi connectivity index (χ1v) is 5.86. The lowest BCUT2D eigenvalue weighted by Crippen LogP contribution is -2.40. The summed E-state index contributed by atoms with van der Waals surface area (Å²) in [4.78, 5) is 16.9. The van der Waals surface area contributed by atoms with E-state index in [1.54, 1.807) is 4.90 Å². The van der Waals surface area contributed by atoms with E-state index in [1.165, 1.54) is 12.1 Å². The average Bonchev–Trinajstić information content (AvgIpc) is 2.28. The van der Waals surface area contributed by atoms with Crippen molar-refractivity contribution in [2.75, 3.05) is 18.0 Å². The largest absolute Gasteiger partial charge is 0.365 e. The maximum Gasteiger partial charge on any atom is 0.252 e. The summed E-state index contributed by atoms with van der Waals surface area (Å²) in [6.45, 7) is 0.251. The summed E-state index contributed by atoms with van der Waals surface area (Å²) in [6.07, 6.45) is -0.529. The molecule has 1 aliphatic rings. The van der Waals surface area contributed by atoms with E-state index in [2.05, 4.69) is 4.98 Å². The van der Waals surface area contributed by atoms with Crippen LogP contribution in [0.25, 0.3) is 0 Å². The quantitative estimate of drug-likeness (QED) is 0.841. The minimum absolute atomic E-state index is 0.126. The van der Waals surface area contributed by atoms with Gasteiger partial charge >= 0.3 is 0 Å². The first-order valence-electron chi connectivity index (χ1n) is 5.48. The van der Waals surface area contributed by atoms with Gasteiger partial charge in [0.15, 0.2) is 0 Å². The lowest BCUT2D eigenvalue weighted by Gasteiger charge is -2.33. The number of halogens is 3. The van der Waals surface area contributed by atoms with Crippen molar-refractivity contribution in [1.29, 1.82) is 0 Å². The molecular formula is C11H12ClF2N3O. The number of pyridine rings is 1. The smallest absolute Gasteiger partial charge is 0.252 e. The lowest BCUT2D eigenvalue weighted by atomic mass is 10.1. The third kappa shape index (κ3) is 2.69. The van der Waals surface area contributed by atoms with E-state index in [4.69, 9.17) is 17.3 Å². The highest BCUT2D eigenvalue weighted by Gasteiger charge is 2.35. The van der Waals surface area contributed by atoms with Crippen LogP contribution in [-0.4, -0.2) is 29.9 Å². The molecule has 1 aliphatic heterocycles. The second kappa shape index (κ2) is 4.68. The number of amides is 1. The van der Waals surface area contributed by atoms with Gasteiger partial charge in [0.25, 0.3) is 11.8 Å². The van der Waals surface area contributed by atoms with Crippen molar-refractivity contribution in [3.05, 3.63) is 22.8 Å². The van der Waals surface area contributed by atoms with Crippen LogP contribution in [0.4, 0.5) is 14.6 Å². The molecule has 98 valence electrons. The number of rotatable bonds is 2. The molecular weight excluding hydrogens is 264 g/mol. The molecule has 0 atom stereocenters. The molecule has 0 unspecified atom stereocenters. The number of carbonyl (C=O) groups excluding carboxylic acids is 1. The van der Waals surface area contributed by atoms with E-state index < -0.39 is 11.8 Å². The number of alkyl halides is 2. The molecule has 2 rings (SSSR count). The fraction of sp³-hybridized carbons (Fsp3) is 0.455. The summed E-state index contributed by atoms with van der Waals surface area (Å²) in [6, 6.07) is 2.91. The maximum absolute atomic E-state index is 13.1. The predicted octanol–water partition coefficient (Wildman–Crippen LogP) is 2.07. The number of anilines is 1. The maximum atomic E-state index is 13.1. The van der Waals surface area contributed by atoms with Crippen LogP contribution in [0.15, 0.2) is 12.1 Å². The Morgan fingerprint density at radius 2 is 2.00 bits per heavy atom. The number of primary amides is 1. The standard InChI is InChI=1S/C11H12ClF2N3O/c12-8-2-1-7(9(15)18)10(16-8)17-5-3-11(13,14)4-6-17/h1-2H,3-6H2,(H2,15,18). The predicted molar refractivity (Wildman–Crippen MR) is 64.2 cm³/mol. The van der Waals surface area contributed by atoms with Gasteiger partial charge < -0.3 is 10.6 Å². The van der Waals surface area contributed by atoms with Gasteiger partial charge in [-0.2, -0.15) is 0 Å². The summed E-state index contributed by atoms with van der Waals surface area (Å²) in [5.41, 5.74) is 5.43. The Kier molecular flexibility index (Phi) is 3.38. The SMILES string of the molecule is NC(=O)c1ccc(Cl)nc1N1CCC(F)(F)CC1. The summed E-state index contributed by atoms with van der Waals surface area (Å²) >= 11 is 5.76. The van der Waals surface area contributed by atoms with Gasteiger partial charge in [0, 0.05) is 25.9 Å². The minimum Gasteiger partial charge on any atom is -0.365 e. The molecule has 1 aromatic heterocycles. The number of aromatic nitrogens is 1. The normalized spacial score (nSPS) is 18.7. The van der Waals surface area contributed by atoms with Crippen LogP contribution in [0, 0.1) is 0 Å². The van der Waals surface area contributed by atoms with Crippen LogP contribution in [0.2, 0.25) is 5.15 Å². The molecule has 2 heterocycles. The van der Waals surface area contributed by atoms with Gasteiger partial charge in [0.1, 0.15) is 11.0 Å². The van der Waals surface area contributed by atoms with Crippen molar-refractivity contribution in [2.24, 2.45) is 5.73 Å². The monoisotopic (exact) mass is 275 g/mol. The zero-order valence-corrected chi connectivity index (χ0v) is 10.3. The first kappa shape index (κ1) is 13.0. The van der Waals surface area contributed by atoms with E-state index in [0.29, 0.717) is 0 Å². The van der Waals surface area contributed by atoms with Crippen molar-refractivity contribution in [3.63, 3.8) is 0 Å². The number of nitrogens with two attached hydrogens (primary N) is 1. The van der Waals surface area contributed by atoms with E-state index in [1.807, 2.05) is 0 Å². The van der Waals surface area contributed by atoms with Crippen LogP contribution >= 0.6 is 11.6 Å². The van der Waals surface area contributed by atoms with Crippen LogP contribution in [0.5, 0.6) is 0 Å². The zero-order chi connectivity index (χ0) is 13.3. The number of hydrogen-bond acceptors (Lipinski definition) is 3. The average molecular weight is 276 g/mol. The number of piperidine rings is 1. The molecule has 2 N–H and O–H groups in total. The van der Waals surface area contributed by atoms with Crippen LogP contribution in [0.3, 0.4) is 0 Å². The van der Waals surface area contributed by atoms with Crippen LogP contribution in [-0.2, 0) is 0 Å². The second-order valence-corrected chi connectivity index (χ2v) is 4.60. The molecule has 0 aliphatic carbocycles. The number of carbonyl (C=O) groups is 1. The molecule has 1 fully saturated rings. The van der Waals surface area contributed by atoms with Gasteiger partial charge in [-0.05, 0) is 12.1 Å². The fourth-order valence-corrected chi connectivity index (χ4v) is 2.05. The molecule has 0 spiro atoms. The molecule has 0 saturated carbocycles. The highest BCUT2D eigenvalue weighted by molar-refractivity contribution is 6.29. The Balaban J connectivity index is 2.28. The first-order chi connectivity index (χ1) is 8.39. The topological polar surface area (TPSA) is 59.2 Å². The van der Waals surface area contributed by atoms with Crippen LogP contribution in [0.1, 0.15) is 23.2 Å². The number of nitrogens with zero attached hydrogens (tertiary/aromatic N) is 2. The fourth-order valence-electron chi connectivity index (χ4n) is 1.90. The molecule has 1 aromatic rings. The summed E-state index contributed by atoms with van der Waals surface area (Å²) in [5, 5.41) is 0.201. The van der Waals surface area contributed by atoms with Crippen molar-refractivity contribution in [2.45, 2.75) is 18.8 Å². The number of hydrogen-bond donors (Lipinski definition) is 1. The lowest BCUT2D eigenvalue weighted by molar-refractivity contribution is -0.0221. The molecule has 1 saturated heterocycles. The molecule has 18 heavy (non-hydrogen) atoms. The van der Waals surface area contributed by atoms with Crippen molar-refractivity contribution in [3.8, 4) is 0 Å². The highest BCUT2D eigenvalue weighted by Crippen LogP contribution is 2.31. The second-order valence-electron chi connectivity index (χ2n) is 4.21. The van der Waals surface area contributed by atoms with Gasteiger partial charge in [0.05, 0.1) is 5.56 Å². The van der Waals surface area contributed by atoms with E-state index in [0.717, 1.165) is 0 Å². The zero-order valence-electron chi connectivity index (χ0n) is 9.50. The highest BCUT2D eigenvalue weighted by atomic mass is 35.5. The molecule has 0 bridgehead atoms. The Bertz CT molecular complexity index is 471. The minimum atomic E-state index is -2.65. The summed E-state index contributed by atoms with van der Waals surface area (Å²) in [7, 11) is 0. The Labute approximate surface area is 108 Å². The van der Waals surface area contributed by atoms with Crippen molar-refractivity contribution < 1.29 is 13.6 Å². The van der Waals surface area contributed by atoms with E-state index >= 15 is 0 Å². The van der Waals surface area contributed by atoms with E-state index in [-0.39, 0.29) is 42.5 Å². The van der Waals surface area contributed by atoms with Gasteiger partial charge in [0.2, 0.25) is 0 Å². The Morgan fingerprint density at radius 3 is 2.56 bits per heavy atom. The van der Waals surface area contributed by atoms with Gasteiger partial charge in [-0.25, -0.2) is 13.8 Å². The van der Waals surface area contributed by atoms with Crippen LogP contribution < -0.4 is 10.6 Å². The molecule has 0 radical (unpaired) electrons. The van der Waals surface area contributed by atoms with E-state index in [9.17, 15) is 13.6 Å².